The van der Waals surface area contributed by atoms with Crippen molar-refractivity contribution in [1.82, 2.24) is 15.0 Å². The summed E-state index contributed by atoms with van der Waals surface area (Å²) in [5.74, 6) is 2.78. The lowest BCUT2D eigenvalue weighted by atomic mass is 10.2. The fourth-order valence-electron chi connectivity index (χ4n) is 2.93. The maximum Gasteiger partial charge on any atom is 0.410 e. The largest absolute Gasteiger partial charge is 0.444 e. The van der Waals surface area contributed by atoms with Crippen LogP contribution in [0.25, 0.3) is 0 Å². The first-order valence-corrected chi connectivity index (χ1v) is 7.19. The Hall–Kier alpha value is -1.59. The molecule has 1 aromatic rings. The average molecular weight is 279 g/mol. The molecule has 2 aliphatic rings. The quantitative estimate of drug-likeness (QED) is 0.830. The van der Waals surface area contributed by atoms with Gasteiger partial charge in [0.05, 0.1) is 0 Å². The molecular formula is C14H21N3O3. The minimum absolute atomic E-state index is 0.217. The maximum atomic E-state index is 12.0. The Morgan fingerprint density at radius 1 is 1.40 bits per heavy atom. The second kappa shape index (κ2) is 4.46. The van der Waals surface area contributed by atoms with Gasteiger partial charge in [0, 0.05) is 25.4 Å². The van der Waals surface area contributed by atoms with E-state index in [2.05, 4.69) is 10.1 Å². The van der Waals surface area contributed by atoms with Gasteiger partial charge < -0.3 is 14.2 Å². The summed E-state index contributed by atoms with van der Waals surface area (Å²) in [4.78, 5) is 18.2. The van der Waals surface area contributed by atoms with E-state index in [9.17, 15) is 4.79 Å². The van der Waals surface area contributed by atoms with Gasteiger partial charge in [-0.15, -0.1) is 0 Å². The first kappa shape index (κ1) is 13.4. The van der Waals surface area contributed by atoms with E-state index in [1.54, 1.807) is 4.90 Å². The molecule has 1 aromatic heterocycles. The van der Waals surface area contributed by atoms with Crippen LogP contribution < -0.4 is 0 Å². The molecule has 2 heterocycles. The number of aromatic nitrogens is 2. The van der Waals surface area contributed by atoms with E-state index < -0.39 is 5.60 Å². The fourth-order valence-corrected chi connectivity index (χ4v) is 2.93. The van der Waals surface area contributed by atoms with Crippen LogP contribution in [0.5, 0.6) is 0 Å². The third-order valence-electron chi connectivity index (χ3n) is 3.93. The second-order valence-corrected chi connectivity index (χ2v) is 6.64. The van der Waals surface area contributed by atoms with Crippen LogP contribution in [0.15, 0.2) is 4.52 Å². The third kappa shape index (κ3) is 2.39. The smallest absolute Gasteiger partial charge is 0.410 e. The second-order valence-electron chi connectivity index (χ2n) is 6.64. The van der Waals surface area contributed by atoms with Gasteiger partial charge in [0.1, 0.15) is 5.60 Å². The summed E-state index contributed by atoms with van der Waals surface area (Å²) in [6, 6.07) is 0. The lowest BCUT2D eigenvalue weighted by molar-refractivity contribution is 0.0270. The highest BCUT2D eigenvalue weighted by molar-refractivity contribution is 5.69. The zero-order chi connectivity index (χ0) is 14.5. The maximum absolute atomic E-state index is 12.0. The Labute approximate surface area is 118 Å². The molecule has 0 radical (unpaired) electrons. The number of carbonyl (C=O) groups excluding carboxylic acids is 1. The van der Waals surface area contributed by atoms with E-state index in [1.807, 2.05) is 27.7 Å². The van der Waals surface area contributed by atoms with Gasteiger partial charge in [0.15, 0.2) is 5.82 Å². The Bertz CT molecular complexity index is 508. The summed E-state index contributed by atoms with van der Waals surface area (Å²) in [5.41, 5.74) is -0.438. The van der Waals surface area contributed by atoms with Crippen LogP contribution >= 0.6 is 0 Å². The molecule has 1 saturated heterocycles. The van der Waals surface area contributed by atoms with Gasteiger partial charge in [-0.2, -0.15) is 4.98 Å². The number of piperidine rings is 1. The molecule has 1 aliphatic carbocycles. The van der Waals surface area contributed by atoms with Gasteiger partial charge in [-0.3, -0.25) is 0 Å². The number of hydrogen-bond acceptors (Lipinski definition) is 5. The predicted octanol–water partition coefficient (Wildman–Crippen LogP) is 2.21. The van der Waals surface area contributed by atoms with Crippen molar-refractivity contribution in [3.8, 4) is 0 Å². The highest BCUT2D eigenvalue weighted by atomic mass is 16.6. The van der Waals surface area contributed by atoms with Crippen molar-refractivity contribution in [1.29, 1.82) is 0 Å². The Balaban J connectivity index is 1.56. The molecule has 2 fully saturated rings. The van der Waals surface area contributed by atoms with Gasteiger partial charge in [0.25, 0.3) is 0 Å². The predicted molar refractivity (Wildman–Crippen MR) is 71.2 cm³/mol. The van der Waals surface area contributed by atoms with E-state index in [0.717, 1.165) is 25.3 Å². The fraction of sp³-hybridized carbons (Fsp3) is 0.786. The molecule has 1 amide bonds. The van der Waals surface area contributed by atoms with E-state index in [0.29, 0.717) is 23.6 Å². The summed E-state index contributed by atoms with van der Waals surface area (Å²) in [6.45, 7) is 9.12. The molecule has 0 N–H and O–H groups in total. The highest BCUT2D eigenvalue weighted by Gasteiger charge is 2.59. The number of rotatable bonds is 2. The number of hydrogen-bond donors (Lipinski definition) is 0. The lowest BCUT2D eigenvalue weighted by Crippen LogP contribution is -2.36. The zero-order valence-corrected chi connectivity index (χ0v) is 12.4. The van der Waals surface area contributed by atoms with Gasteiger partial charge in [-0.25, -0.2) is 4.79 Å². The summed E-state index contributed by atoms with van der Waals surface area (Å²) < 4.78 is 10.5. The molecule has 110 valence electrons. The van der Waals surface area contributed by atoms with Crippen molar-refractivity contribution in [2.45, 2.75) is 45.6 Å². The minimum atomic E-state index is -0.438. The molecule has 3 rings (SSSR count). The number of amides is 1. The molecule has 1 aliphatic heterocycles. The molecule has 0 bridgehead atoms. The van der Waals surface area contributed by atoms with Crippen molar-refractivity contribution < 1.29 is 14.1 Å². The Kier molecular flexibility index (Phi) is 2.99. The van der Waals surface area contributed by atoms with Gasteiger partial charge in [-0.1, -0.05) is 12.1 Å². The number of fused-ring (bicyclic) bond motifs is 1. The molecule has 0 spiro atoms. The zero-order valence-electron chi connectivity index (χ0n) is 12.4. The highest BCUT2D eigenvalue weighted by Crippen LogP contribution is 2.57. The SMILES string of the molecule is CCc1nc(C2[C@H]3CN(C(=O)OC(C)(C)C)C[C@@H]23)no1. The van der Waals surface area contributed by atoms with Gasteiger partial charge in [-0.05, 0) is 32.6 Å². The molecule has 1 unspecified atom stereocenters. The van der Waals surface area contributed by atoms with Gasteiger partial charge >= 0.3 is 6.09 Å². The Morgan fingerprint density at radius 3 is 2.55 bits per heavy atom. The number of ether oxygens (including phenoxy) is 1. The number of likely N-dealkylation sites (tertiary alicyclic amines) is 1. The summed E-state index contributed by atoms with van der Waals surface area (Å²) in [7, 11) is 0. The standard InChI is InChI=1S/C14H21N3O3/c1-5-10-15-12(16-20-10)11-8-6-17(7-9(8)11)13(18)19-14(2,3)4/h8-9,11H,5-7H2,1-4H3/t8-,9+,11?. The molecule has 6 heteroatoms. The number of nitrogens with zero attached hydrogens (tertiary/aromatic N) is 3. The molecule has 1 saturated carbocycles. The van der Waals surface area contributed by atoms with Crippen LogP contribution in [0.4, 0.5) is 4.79 Å². The van der Waals surface area contributed by atoms with Crippen LogP contribution in [-0.2, 0) is 11.2 Å². The van der Waals surface area contributed by atoms with Crippen molar-refractivity contribution in [2.24, 2.45) is 11.8 Å². The number of aryl methyl sites for hydroxylation is 1. The summed E-state index contributed by atoms with van der Waals surface area (Å²) in [5, 5.41) is 4.04. The molecule has 3 atom stereocenters. The monoisotopic (exact) mass is 279 g/mol. The van der Waals surface area contributed by atoms with Crippen molar-refractivity contribution in [3.63, 3.8) is 0 Å². The van der Waals surface area contributed by atoms with Gasteiger partial charge in [0.2, 0.25) is 5.89 Å². The van der Waals surface area contributed by atoms with Crippen LogP contribution in [0.3, 0.4) is 0 Å². The molecule has 0 aromatic carbocycles. The van der Waals surface area contributed by atoms with E-state index >= 15 is 0 Å². The van der Waals surface area contributed by atoms with Crippen LogP contribution in [0.1, 0.15) is 45.3 Å². The third-order valence-corrected chi connectivity index (χ3v) is 3.93. The lowest BCUT2D eigenvalue weighted by Gasteiger charge is -2.25. The average Bonchev–Trinajstić information content (AvgIpc) is 2.80. The van der Waals surface area contributed by atoms with Crippen molar-refractivity contribution in [3.05, 3.63) is 11.7 Å². The van der Waals surface area contributed by atoms with Crippen LogP contribution in [-0.4, -0.2) is 39.8 Å². The first-order chi connectivity index (χ1) is 9.39. The first-order valence-electron chi connectivity index (χ1n) is 7.19. The molecular weight excluding hydrogens is 258 g/mol. The molecule has 20 heavy (non-hydrogen) atoms. The van der Waals surface area contributed by atoms with Crippen LogP contribution in [0, 0.1) is 11.8 Å². The van der Waals surface area contributed by atoms with E-state index in [4.69, 9.17) is 9.26 Å². The Morgan fingerprint density at radius 2 is 2.05 bits per heavy atom. The summed E-state index contributed by atoms with van der Waals surface area (Å²) >= 11 is 0. The topological polar surface area (TPSA) is 68.5 Å². The van der Waals surface area contributed by atoms with Crippen LogP contribution in [0.2, 0.25) is 0 Å². The van der Waals surface area contributed by atoms with E-state index in [-0.39, 0.29) is 6.09 Å². The van der Waals surface area contributed by atoms with Crippen molar-refractivity contribution in [2.75, 3.05) is 13.1 Å². The number of carbonyl (C=O) groups is 1. The van der Waals surface area contributed by atoms with Crippen molar-refractivity contribution >= 4 is 6.09 Å². The minimum Gasteiger partial charge on any atom is -0.444 e. The normalized spacial score (nSPS) is 28.4. The summed E-state index contributed by atoms with van der Waals surface area (Å²) in [6.07, 6.45) is 0.546. The molecule has 6 nitrogen and oxygen atoms in total. The van der Waals surface area contributed by atoms with E-state index in [1.165, 1.54) is 0 Å².